The number of aliphatic hydroxyl groups excluding tert-OH is 2. The molecule has 0 rings (SSSR count). The van der Waals surface area contributed by atoms with E-state index in [0.717, 1.165) is 0 Å². The molecule has 7 N–H and O–H groups in total. The number of carboxylic acid groups (broad SMARTS) is 1. The Hall–Kier alpha value is -1.71. The van der Waals surface area contributed by atoms with Crippen molar-refractivity contribution in [3.63, 3.8) is 0 Å². The number of nitrogens with two attached hydrogens (primary N) is 1. The first-order valence-electron chi connectivity index (χ1n) is 5.58. The zero-order chi connectivity index (χ0) is 15.2. The highest BCUT2D eigenvalue weighted by atomic mass is 16.4. The molecule has 0 aliphatic heterocycles. The van der Waals surface area contributed by atoms with Gasteiger partial charge in [0.05, 0.1) is 18.8 Å². The zero-order valence-corrected chi connectivity index (χ0v) is 10.7. The number of hydrogen-bond acceptors (Lipinski definition) is 6. The van der Waals surface area contributed by atoms with Gasteiger partial charge in [0.25, 0.3) is 0 Å². The summed E-state index contributed by atoms with van der Waals surface area (Å²) in [5.74, 6) is -2.93. The largest absolute Gasteiger partial charge is 0.480 e. The Kier molecular flexibility index (Phi) is 6.98. The standard InChI is InChI=1S/C10H19N3O6/c1-4(14)7(11)9(17)12-3-6(16)13-8(5(2)15)10(18)19/h4-5,7-8,14-15H,3,11H2,1-2H3,(H,12,17)(H,13,16)(H,18,19)/t4-,5-,7+,8+/m1/s1. The number of hydrogen-bond donors (Lipinski definition) is 6. The van der Waals surface area contributed by atoms with Crippen molar-refractivity contribution in [2.24, 2.45) is 5.73 Å². The smallest absolute Gasteiger partial charge is 0.328 e. The van der Waals surface area contributed by atoms with E-state index < -0.39 is 48.6 Å². The van der Waals surface area contributed by atoms with Crippen LogP contribution >= 0.6 is 0 Å². The molecule has 2 amide bonds. The molecule has 19 heavy (non-hydrogen) atoms. The normalized spacial score (nSPS) is 16.9. The molecule has 4 atom stereocenters. The number of carbonyl (C=O) groups excluding carboxylic acids is 2. The molecule has 0 heterocycles. The van der Waals surface area contributed by atoms with Gasteiger partial charge >= 0.3 is 5.97 Å². The molecule has 0 unspecified atom stereocenters. The monoisotopic (exact) mass is 277 g/mol. The van der Waals surface area contributed by atoms with Crippen molar-refractivity contribution in [3.05, 3.63) is 0 Å². The molecule has 0 aromatic heterocycles. The van der Waals surface area contributed by atoms with Gasteiger partial charge in [-0.05, 0) is 13.8 Å². The van der Waals surface area contributed by atoms with Gasteiger partial charge in [0.15, 0.2) is 6.04 Å². The highest BCUT2D eigenvalue weighted by Gasteiger charge is 2.25. The number of carboxylic acids is 1. The molecule has 0 saturated heterocycles. The maximum absolute atomic E-state index is 11.4. The van der Waals surface area contributed by atoms with Crippen LogP contribution < -0.4 is 16.4 Å². The van der Waals surface area contributed by atoms with Crippen molar-refractivity contribution in [1.82, 2.24) is 10.6 Å². The predicted octanol–water partition coefficient (Wildman–Crippen LogP) is -3.24. The number of nitrogens with one attached hydrogen (secondary N) is 2. The van der Waals surface area contributed by atoms with Crippen LogP contribution in [0.15, 0.2) is 0 Å². The maximum Gasteiger partial charge on any atom is 0.328 e. The fraction of sp³-hybridized carbons (Fsp3) is 0.700. The summed E-state index contributed by atoms with van der Waals surface area (Å²) in [6.45, 7) is 2.02. The summed E-state index contributed by atoms with van der Waals surface area (Å²) in [6.07, 6.45) is -2.36. The minimum Gasteiger partial charge on any atom is -0.480 e. The third-order valence-electron chi connectivity index (χ3n) is 2.31. The maximum atomic E-state index is 11.4. The average molecular weight is 277 g/mol. The van der Waals surface area contributed by atoms with Crippen LogP contribution in [-0.2, 0) is 14.4 Å². The summed E-state index contributed by atoms with van der Waals surface area (Å²) in [4.78, 5) is 33.4. The Morgan fingerprint density at radius 2 is 1.68 bits per heavy atom. The predicted molar refractivity (Wildman–Crippen MR) is 63.9 cm³/mol. The van der Waals surface area contributed by atoms with Gasteiger partial charge in [-0.15, -0.1) is 0 Å². The number of rotatable bonds is 7. The second-order valence-electron chi connectivity index (χ2n) is 4.11. The van der Waals surface area contributed by atoms with E-state index in [1.54, 1.807) is 0 Å². The summed E-state index contributed by atoms with van der Waals surface area (Å²) in [5.41, 5.74) is 5.32. The van der Waals surface area contributed by atoms with Crippen LogP contribution in [0, 0.1) is 0 Å². The van der Waals surface area contributed by atoms with E-state index >= 15 is 0 Å². The second kappa shape index (κ2) is 7.67. The lowest BCUT2D eigenvalue weighted by molar-refractivity contribution is -0.144. The first kappa shape index (κ1) is 17.3. The molecular weight excluding hydrogens is 258 g/mol. The van der Waals surface area contributed by atoms with Crippen LogP contribution in [0.2, 0.25) is 0 Å². The van der Waals surface area contributed by atoms with E-state index in [1.807, 2.05) is 5.32 Å². The van der Waals surface area contributed by atoms with Crippen LogP contribution in [-0.4, -0.2) is 63.9 Å². The Morgan fingerprint density at radius 3 is 2.05 bits per heavy atom. The Labute approximate surface area is 109 Å². The van der Waals surface area contributed by atoms with Crippen molar-refractivity contribution in [2.75, 3.05) is 6.54 Å². The molecule has 0 saturated carbocycles. The highest BCUT2D eigenvalue weighted by molar-refractivity contribution is 5.89. The van der Waals surface area contributed by atoms with Gasteiger partial charge in [-0.3, -0.25) is 9.59 Å². The summed E-state index contributed by atoms with van der Waals surface area (Å²) >= 11 is 0. The van der Waals surface area contributed by atoms with Gasteiger partial charge in [0.1, 0.15) is 6.04 Å². The van der Waals surface area contributed by atoms with Gasteiger partial charge in [-0.1, -0.05) is 0 Å². The molecule has 0 aliphatic rings. The van der Waals surface area contributed by atoms with E-state index in [2.05, 4.69) is 5.32 Å². The average Bonchev–Trinajstić information content (AvgIpc) is 2.30. The molecule has 9 heteroatoms. The minimum atomic E-state index is -1.46. The number of amides is 2. The quantitative estimate of drug-likeness (QED) is 0.285. The number of carbonyl (C=O) groups is 3. The SMILES string of the molecule is C[C@@H](O)[C@H](N)C(=O)NCC(=O)N[C@H](C(=O)O)[C@@H](C)O. The molecule has 0 aromatic carbocycles. The lowest BCUT2D eigenvalue weighted by Gasteiger charge is -2.18. The summed E-state index contributed by atoms with van der Waals surface area (Å²) in [5, 5.41) is 31.1. The van der Waals surface area contributed by atoms with E-state index in [0.29, 0.717) is 0 Å². The minimum absolute atomic E-state index is 0.504. The molecule has 0 spiro atoms. The van der Waals surface area contributed by atoms with E-state index in [4.69, 9.17) is 21.1 Å². The summed E-state index contributed by atoms with van der Waals surface area (Å²) in [6, 6.07) is -2.64. The molecule has 0 bridgehead atoms. The van der Waals surface area contributed by atoms with Crippen molar-refractivity contribution in [2.45, 2.75) is 38.1 Å². The third-order valence-corrected chi connectivity index (χ3v) is 2.31. The Bertz CT molecular complexity index is 344. The first-order valence-corrected chi connectivity index (χ1v) is 5.58. The third kappa shape index (κ3) is 6.13. The van der Waals surface area contributed by atoms with Gasteiger partial charge in [-0.25, -0.2) is 4.79 Å². The zero-order valence-electron chi connectivity index (χ0n) is 10.7. The molecule has 9 nitrogen and oxygen atoms in total. The topological polar surface area (TPSA) is 162 Å². The fourth-order valence-electron chi connectivity index (χ4n) is 1.12. The molecule has 0 aromatic rings. The van der Waals surface area contributed by atoms with Crippen LogP contribution in [0.3, 0.4) is 0 Å². The van der Waals surface area contributed by atoms with Gasteiger partial charge < -0.3 is 31.7 Å². The molecular formula is C10H19N3O6. The molecule has 0 aliphatic carbocycles. The number of aliphatic carboxylic acids is 1. The van der Waals surface area contributed by atoms with E-state index in [9.17, 15) is 14.4 Å². The van der Waals surface area contributed by atoms with Crippen LogP contribution in [0.25, 0.3) is 0 Å². The highest BCUT2D eigenvalue weighted by Crippen LogP contribution is 1.93. The van der Waals surface area contributed by atoms with E-state index in [-0.39, 0.29) is 0 Å². The van der Waals surface area contributed by atoms with Gasteiger partial charge in [0.2, 0.25) is 11.8 Å². The van der Waals surface area contributed by atoms with E-state index in [1.165, 1.54) is 13.8 Å². The van der Waals surface area contributed by atoms with Gasteiger partial charge in [0, 0.05) is 0 Å². The van der Waals surface area contributed by atoms with Crippen LogP contribution in [0.4, 0.5) is 0 Å². The van der Waals surface area contributed by atoms with Crippen molar-refractivity contribution in [1.29, 1.82) is 0 Å². The van der Waals surface area contributed by atoms with Crippen molar-refractivity contribution >= 4 is 17.8 Å². The van der Waals surface area contributed by atoms with Crippen molar-refractivity contribution in [3.8, 4) is 0 Å². The Morgan fingerprint density at radius 1 is 1.16 bits per heavy atom. The molecule has 0 fully saturated rings. The molecule has 110 valence electrons. The second-order valence-corrected chi connectivity index (χ2v) is 4.11. The number of aliphatic hydroxyl groups is 2. The molecule has 0 radical (unpaired) electrons. The first-order chi connectivity index (χ1) is 8.66. The fourth-order valence-corrected chi connectivity index (χ4v) is 1.12. The summed E-state index contributed by atoms with van der Waals surface area (Å²) in [7, 11) is 0. The lowest BCUT2D eigenvalue weighted by atomic mass is 10.2. The lowest BCUT2D eigenvalue weighted by Crippen LogP contribution is -2.53. The van der Waals surface area contributed by atoms with Crippen LogP contribution in [0.5, 0.6) is 0 Å². The Balaban J connectivity index is 4.26. The van der Waals surface area contributed by atoms with Crippen LogP contribution in [0.1, 0.15) is 13.8 Å². The van der Waals surface area contributed by atoms with Crippen molar-refractivity contribution < 1.29 is 29.7 Å². The summed E-state index contributed by atoms with van der Waals surface area (Å²) < 4.78 is 0. The van der Waals surface area contributed by atoms with Gasteiger partial charge in [-0.2, -0.15) is 0 Å².